The van der Waals surface area contributed by atoms with Gasteiger partial charge in [0.2, 0.25) is 11.8 Å². The third-order valence-electron chi connectivity index (χ3n) is 2.14. The molecule has 0 fully saturated rings. The molecule has 3 N–H and O–H groups in total. The van der Waals surface area contributed by atoms with E-state index in [0.29, 0.717) is 39.6 Å². The van der Waals surface area contributed by atoms with Crippen LogP contribution in [0.15, 0.2) is 0 Å². The molecule has 0 aromatic heterocycles. The lowest BCUT2D eigenvalue weighted by atomic mass is 10.5. The van der Waals surface area contributed by atoms with Gasteiger partial charge < -0.3 is 30.0 Å². The molecule has 124 valence electrons. The van der Waals surface area contributed by atoms with Crippen molar-refractivity contribution in [3.63, 3.8) is 0 Å². The number of nitrogens with two attached hydrogens (primary N) is 1. The summed E-state index contributed by atoms with van der Waals surface area (Å²) in [4.78, 5) is 21.7. The molecule has 2 amide bonds. The van der Waals surface area contributed by atoms with Gasteiger partial charge in [0.25, 0.3) is 0 Å². The van der Waals surface area contributed by atoms with E-state index in [1.54, 1.807) is 0 Å². The first-order valence-corrected chi connectivity index (χ1v) is 7.02. The van der Waals surface area contributed by atoms with E-state index in [9.17, 15) is 9.59 Å². The molecule has 0 aromatic carbocycles. The van der Waals surface area contributed by atoms with E-state index in [4.69, 9.17) is 24.7 Å². The molecule has 0 unspecified atom stereocenters. The zero-order chi connectivity index (χ0) is 15.8. The zero-order valence-electron chi connectivity index (χ0n) is 12.6. The molecule has 0 saturated heterocycles. The molecule has 0 radical (unpaired) electrons. The van der Waals surface area contributed by atoms with Crippen LogP contribution in [-0.2, 0) is 28.5 Å². The second-order valence-corrected chi connectivity index (χ2v) is 4.15. The van der Waals surface area contributed by atoms with E-state index < -0.39 is 5.91 Å². The molecule has 8 heteroatoms. The Bertz CT molecular complexity index is 275. The minimum absolute atomic E-state index is 0.0111. The molecule has 0 bridgehead atoms. The van der Waals surface area contributed by atoms with Gasteiger partial charge in [-0.3, -0.25) is 9.59 Å². The van der Waals surface area contributed by atoms with Crippen LogP contribution in [0.1, 0.15) is 13.3 Å². The lowest BCUT2D eigenvalue weighted by Gasteiger charge is -2.07. The van der Waals surface area contributed by atoms with Gasteiger partial charge in [0.05, 0.1) is 33.0 Å². The maximum absolute atomic E-state index is 11.3. The number of hydrogen-bond acceptors (Lipinski definition) is 6. The van der Waals surface area contributed by atoms with E-state index in [1.165, 1.54) is 0 Å². The maximum Gasteiger partial charge on any atom is 0.246 e. The van der Waals surface area contributed by atoms with E-state index in [2.05, 4.69) is 5.32 Å². The lowest BCUT2D eigenvalue weighted by Crippen LogP contribution is -2.31. The Morgan fingerprint density at radius 1 is 0.857 bits per heavy atom. The van der Waals surface area contributed by atoms with Crippen molar-refractivity contribution in [1.29, 1.82) is 0 Å². The van der Waals surface area contributed by atoms with Crippen LogP contribution < -0.4 is 11.1 Å². The number of ether oxygens (including phenoxy) is 4. The van der Waals surface area contributed by atoms with Crippen LogP contribution in [0.3, 0.4) is 0 Å². The molecule has 0 aliphatic rings. The molecule has 0 heterocycles. The first kappa shape index (κ1) is 19.8. The Morgan fingerprint density at radius 2 is 1.43 bits per heavy atom. The van der Waals surface area contributed by atoms with Crippen molar-refractivity contribution in [3.05, 3.63) is 0 Å². The monoisotopic (exact) mass is 306 g/mol. The summed E-state index contributed by atoms with van der Waals surface area (Å²) in [5.41, 5.74) is 4.89. The number of carbonyl (C=O) groups is 2. The summed E-state index contributed by atoms with van der Waals surface area (Å²) in [6.45, 7) is 4.92. The molecule has 8 nitrogen and oxygen atoms in total. The van der Waals surface area contributed by atoms with Gasteiger partial charge in [-0.1, -0.05) is 6.92 Å². The summed E-state index contributed by atoms with van der Waals surface area (Å²) in [5, 5.41) is 2.65. The molecule has 0 rings (SSSR count). The van der Waals surface area contributed by atoms with E-state index in [0.717, 1.165) is 6.42 Å². The lowest BCUT2D eigenvalue weighted by molar-refractivity contribution is -0.126. The van der Waals surface area contributed by atoms with Crippen LogP contribution in [0.25, 0.3) is 0 Å². The highest BCUT2D eigenvalue weighted by molar-refractivity contribution is 5.77. The highest BCUT2D eigenvalue weighted by Crippen LogP contribution is 1.82. The van der Waals surface area contributed by atoms with Gasteiger partial charge in [-0.2, -0.15) is 0 Å². The van der Waals surface area contributed by atoms with Gasteiger partial charge in [-0.25, -0.2) is 0 Å². The largest absolute Gasteiger partial charge is 0.379 e. The summed E-state index contributed by atoms with van der Waals surface area (Å²) in [7, 11) is 0. The third kappa shape index (κ3) is 16.7. The fourth-order valence-corrected chi connectivity index (χ4v) is 1.24. The van der Waals surface area contributed by atoms with Gasteiger partial charge in [-0.15, -0.1) is 0 Å². The molecular formula is C13H26N2O6. The van der Waals surface area contributed by atoms with Gasteiger partial charge in [-0.05, 0) is 6.42 Å². The molecule has 0 atom stereocenters. The predicted octanol–water partition coefficient (Wildman–Crippen LogP) is -0.936. The topological polar surface area (TPSA) is 109 Å². The fourth-order valence-electron chi connectivity index (χ4n) is 1.24. The summed E-state index contributed by atoms with van der Waals surface area (Å²) in [5.74, 6) is -0.707. The van der Waals surface area contributed by atoms with Crippen molar-refractivity contribution < 1.29 is 28.5 Å². The van der Waals surface area contributed by atoms with Crippen LogP contribution >= 0.6 is 0 Å². The first-order chi connectivity index (χ1) is 10.2. The molecule has 0 saturated carbocycles. The normalized spacial score (nSPS) is 10.5. The van der Waals surface area contributed by atoms with Crippen LogP contribution in [0.4, 0.5) is 0 Å². The second kappa shape index (κ2) is 15.2. The average Bonchev–Trinajstić information content (AvgIpc) is 2.45. The van der Waals surface area contributed by atoms with Crippen LogP contribution in [0.2, 0.25) is 0 Å². The molecule has 0 aliphatic carbocycles. The number of hydrogen-bond donors (Lipinski definition) is 2. The van der Waals surface area contributed by atoms with E-state index in [-0.39, 0.29) is 25.7 Å². The molecule has 0 aliphatic heterocycles. The summed E-state index contributed by atoms with van der Waals surface area (Å²) in [6, 6.07) is 0. The van der Waals surface area contributed by atoms with Crippen LogP contribution in [0.5, 0.6) is 0 Å². The zero-order valence-corrected chi connectivity index (χ0v) is 12.6. The Hall–Kier alpha value is -1.22. The van der Waals surface area contributed by atoms with Gasteiger partial charge in [0, 0.05) is 13.2 Å². The Labute approximate surface area is 125 Å². The predicted molar refractivity (Wildman–Crippen MR) is 75.8 cm³/mol. The molecule has 21 heavy (non-hydrogen) atoms. The number of amides is 2. The highest BCUT2D eigenvalue weighted by Gasteiger charge is 2.00. The van der Waals surface area contributed by atoms with Crippen molar-refractivity contribution >= 4 is 11.8 Å². The summed E-state index contributed by atoms with van der Waals surface area (Å²) >= 11 is 0. The quantitative estimate of drug-likeness (QED) is 0.378. The van der Waals surface area contributed by atoms with Gasteiger partial charge >= 0.3 is 0 Å². The van der Waals surface area contributed by atoms with Crippen molar-refractivity contribution in [2.75, 3.05) is 59.4 Å². The molecule has 0 aromatic rings. The third-order valence-corrected chi connectivity index (χ3v) is 2.14. The minimum atomic E-state index is -0.512. The van der Waals surface area contributed by atoms with Crippen molar-refractivity contribution in [3.8, 4) is 0 Å². The number of carbonyl (C=O) groups excluding carboxylic acids is 2. The SMILES string of the molecule is CCCOCCOCC(=O)NCCOCCOCC(N)=O. The summed E-state index contributed by atoms with van der Waals surface area (Å²) in [6.07, 6.45) is 0.966. The standard InChI is InChI=1S/C13H26N2O6/c1-2-4-18-6-9-21-11-13(17)15-3-5-19-7-8-20-10-12(14)16/h2-11H2,1H3,(H2,14,16)(H,15,17). The van der Waals surface area contributed by atoms with E-state index in [1.807, 2.05) is 6.92 Å². The van der Waals surface area contributed by atoms with Gasteiger partial charge in [0.15, 0.2) is 0 Å². The number of nitrogens with one attached hydrogen (secondary N) is 1. The Morgan fingerprint density at radius 3 is 2.05 bits per heavy atom. The Balaban J connectivity index is 3.17. The van der Waals surface area contributed by atoms with Gasteiger partial charge in [0.1, 0.15) is 13.2 Å². The maximum atomic E-state index is 11.3. The van der Waals surface area contributed by atoms with Crippen LogP contribution in [-0.4, -0.2) is 71.2 Å². The van der Waals surface area contributed by atoms with Crippen molar-refractivity contribution in [2.45, 2.75) is 13.3 Å². The van der Waals surface area contributed by atoms with E-state index >= 15 is 0 Å². The second-order valence-electron chi connectivity index (χ2n) is 4.15. The first-order valence-electron chi connectivity index (χ1n) is 7.02. The summed E-state index contributed by atoms with van der Waals surface area (Å²) < 4.78 is 20.4. The Kier molecular flexibility index (Phi) is 14.3. The number of rotatable bonds is 15. The van der Waals surface area contributed by atoms with Crippen molar-refractivity contribution in [1.82, 2.24) is 5.32 Å². The van der Waals surface area contributed by atoms with Crippen LogP contribution in [0, 0.1) is 0 Å². The number of primary amides is 1. The van der Waals surface area contributed by atoms with Crippen molar-refractivity contribution in [2.24, 2.45) is 5.73 Å². The average molecular weight is 306 g/mol. The minimum Gasteiger partial charge on any atom is -0.379 e. The molecule has 0 spiro atoms. The fraction of sp³-hybridized carbons (Fsp3) is 0.846. The highest BCUT2D eigenvalue weighted by atomic mass is 16.5. The molecular weight excluding hydrogens is 280 g/mol. The smallest absolute Gasteiger partial charge is 0.246 e.